The molecule has 0 saturated carbocycles. The molecule has 3 aromatic carbocycles. The van der Waals surface area contributed by atoms with Crippen molar-refractivity contribution in [1.29, 1.82) is 0 Å². The van der Waals surface area contributed by atoms with Gasteiger partial charge in [0.1, 0.15) is 15.7 Å². The minimum Gasteiger partial charge on any atom is -0.395 e. The lowest BCUT2D eigenvalue weighted by Crippen LogP contribution is -2.26. The van der Waals surface area contributed by atoms with E-state index < -0.39 is 10.0 Å². The van der Waals surface area contributed by atoms with Gasteiger partial charge in [-0.2, -0.15) is 0 Å². The Morgan fingerprint density at radius 2 is 1.79 bits per heavy atom. The van der Waals surface area contributed by atoms with E-state index in [4.69, 9.17) is 10.1 Å². The molecule has 0 bridgehead atoms. The van der Waals surface area contributed by atoms with E-state index in [1.54, 1.807) is 54.0 Å². The maximum Gasteiger partial charge on any atom is 0.273 e. The highest BCUT2D eigenvalue weighted by molar-refractivity contribution is 7.94. The topological polar surface area (TPSA) is 115 Å². The molecule has 0 unspecified atom stereocenters. The smallest absolute Gasteiger partial charge is 0.273 e. The lowest BCUT2D eigenvalue weighted by molar-refractivity contribution is 0.0944. The van der Waals surface area contributed by atoms with Crippen LogP contribution in [0.15, 0.2) is 94.6 Å². The van der Waals surface area contributed by atoms with Crippen molar-refractivity contribution < 1.29 is 22.7 Å². The molecule has 6 aromatic rings. The maximum atomic E-state index is 14.0. The predicted octanol–water partition coefficient (Wildman–Crippen LogP) is 5.80. The molecule has 1 amide bonds. The Bertz CT molecular complexity index is 2020. The molecule has 0 aliphatic heterocycles. The number of rotatable bonds is 8. The number of carbonyl (C=O) groups excluding carboxylic acids is 1. The third-order valence-corrected chi connectivity index (χ3v) is 10.2. The number of hydrogen-bond acceptors (Lipinski definition) is 6. The first kappa shape index (κ1) is 27.6. The summed E-state index contributed by atoms with van der Waals surface area (Å²) in [4.78, 5) is 20.4. The Morgan fingerprint density at radius 3 is 2.48 bits per heavy atom. The Kier molecular flexibility index (Phi) is 7.23. The zero-order chi connectivity index (χ0) is 29.4. The molecule has 0 fully saturated rings. The molecule has 0 spiro atoms. The van der Waals surface area contributed by atoms with Crippen molar-refractivity contribution in [2.24, 2.45) is 0 Å². The third-order valence-electron chi connectivity index (χ3n) is 7.07. The number of H-pyrrole nitrogens is 1. The summed E-state index contributed by atoms with van der Waals surface area (Å²) >= 11 is 1.16. The first-order chi connectivity index (χ1) is 20.3. The minimum absolute atomic E-state index is 0.154. The molecule has 3 heterocycles. The summed E-state index contributed by atoms with van der Waals surface area (Å²) in [6.45, 7) is 0.000875. The first-order valence-electron chi connectivity index (χ1n) is 13.0. The molecule has 0 saturated heterocycles. The average molecular weight is 601 g/mol. The number of pyridine rings is 1. The number of aromatic amines is 1. The SMILES string of the molecule is CN(c1ccc2[nH]c3ncc(-c4ccc(C(=O)NCCO)cc4)c(-c4ccc(F)cc4)c3c2c1)S(=O)(=O)c1cccs1. The van der Waals surface area contributed by atoms with Gasteiger partial charge in [0, 0.05) is 52.8 Å². The first-order valence-corrected chi connectivity index (χ1v) is 15.3. The van der Waals surface area contributed by atoms with Gasteiger partial charge in [0.2, 0.25) is 0 Å². The molecule has 0 aliphatic rings. The van der Waals surface area contributed by atoms with E-state index >= 15 is 0 Å². The standard InChI is InChI=1S/C31H25FN4O4S2/c1-36(42(39,40)27-3-2-16-41-27)23-12-13-26-24(17-23)29-28(20-8-10-22(32)11-9-20)25(18-34-30(29)35-26)19-4-6-21(7-5-19)31(38)33-14-15-37/h2-13,16-18,37H,14-15H2,1H3,(H,33,38)(H,34,35). The lowest BCUT2D eigenvalue weighted by atomic mass is 9.92. The summed E-state index contributed by atoms with van der Waals surface area (Å²) in [7, 11) is -2.23. The number of halogens is 1. The largest absolute Gasteiger partial charge is 0.395 e. The molecule has 11 heteroatoms. The quantitative estimate of drug-likeness (QED) is 0.204. The number of aliphatic hydroxyl groups is 1. The van der Waals surface area contributed by atoms with Gasteiger partial charge in [0.05, 0.1) is 12.3 Å². The zero-order valence-corrected chi connectivity index (χ0v) is 24.0. The third kappa shape index (κ3) is 4.91. The highest BCUT2D eigenvalue weighted by Crippen LogP contribution is 2.41. The van der Waals surface area contributed by atoms with E-state index in [9.17, 15) is 17.6 Å². The van der Waals surface area contributed by atoms with Crippen LogP contribution in [0.1, 0.15) is 10.4 Å². The molecule has 3 N–H and O–H groups in total. The van der Waals surface area contributed by atoms with E-state index in [0.29, 0.717) is 16.9 Å². The molecule has 8 nitrogen and oxygen atoms in total. The van der Waals surface area contributed by atoms with Crippen molar-refractivity contribution in [2.45, 2.75) is 4.21 Å². The van der Waals surface area contributed by atoms with Crippen molar-refractivity contribution in [1.82, 2.24) is 15.3 Å². The van der Waals surface area contributed by atoms with Crippen molar-refractivity contribution in [3.05, 3.63) is 102 Å². The van der Waals surface area contributed by atoms with E-state index in [1.165, 1.54) is 23.5 Å². The number of amides is 1. The van der Waals surface area contributed by atoms with Crippen molar-refractivity contribution in [3.63, 3.8) is 0 Å². The van der Waals surface area contributed by atoms with Crippen LogP contribution in [0.5, 0.6) is 0 Å². The van der Waals surface area contributed by atoms with Crippen molar-refractivity contribution >= 4 is 54.9 Å². The van der Waals surface area contributed by atoms with Gasteiger partial charge >= 0.3 is 0 Å². The summed E-state index contributed by atoms with van der Waals surface area (Å²) in [5, 5.41) is 14.9. The van der Waals surface area contributed by atoms with Gasteiger partial charge in [-0.25, -0.2) is 17.8 Å². The molecule has 3 aromatic heterocycles. The number of nitrogens with one attached hydrogen (secondary N) is 2. The van der Waals surface area contributed by atoms with Gasteiger partial charge in [-0.15, -0.1) is 11.3 Å². The molecule has 0 aliphatic carbocycles. The van der Waals surface area contributed by atoms with Crippen LogP contribution in [0.4, 0.5) is 10.1 Å². The zero-order valence-electron chi connectivity index (χ0n) is 22.3. The van der Waals surface area contributed by atoms with Gasteiger partial charge < -0.3 is 15.4 Å². The highest BCUT2D eigenvalue weighted by atomic mass is 32.2. The number of nitrogens with zero attached hydrogens (tertiary/aromatic N) is 2. The molecular formula is C31H25FN4O4S2. The fraction of sp³-hybridized carbons (Fsp3) is 0.0968. The van der Waals surface area contributed by atoms with Gasteiger partial charge in [-0.1, -0.05) is 30.3 Å². The number of carbonyl (C=O) groups is 1. The second-order valence-electron chi connectivity index (χ2n) is 9.59. The van der Waals surface area contributed by atoms with Crippen molar-refractivity contribution in [3.8, 4) is 22.3 Å². The van der Waals surface area contributed by atoms with Crippen LogP contribution < -0.4 is 9.62 Å². The van der Waals surface area contributed by atoms with Crippen LogP contribution in [0.3, 0.4) is 0 Å². The van der Waals surface area contributed by atoms with Crippen LogP contribution in [-0.2, 0) is 10.0 Å². The van der Waals surface area contributed by atoms with Crippen LogP contribution in [0, 0.1) is 5.82 Å². The lowest BCUT2D eigenvalue weighted by Gasteiger charge is -2.19. The maximum absolute atomic E-state index is 14.0. The predicted molar refractivity (Wildman–Crippen MR) is 164 cm³/mol. The number of anilines is 1. The van der Waals surface area contributed by atoms with Gasteiger partial charge in [0.25, 0.3) is 15.9 Å². The summed E-state index contributed by atoms with van der Waals surface area (Å²) < 4.78 is 42.0. The minimum atomic E-state index is -3.75. The molecule has 6 rings (SSSR count). The van der Waals surface area contributed by atoms with Crippen LogP contribution in [0.2, 0.25) is 0 Å². The Hall–Kier alpha value is -4.58. The fourth-order valence-corrected chi connectivity index (χ4v) is 7.28. The monoisotopic (exact) mass is 600 g/mol. The Morgan fingerprint density at radius 1 is 1.05 bits per heavy atom. The summed E-state index contributed by atoms with van der Waals surface area (Å²) in [6, 6.07) is 21.8. The van der Waals surface area contributed by atoms with E-state index in [1.807, 2.05) is 24.3 Å². The number of aliphatic hydroxyl groups excluding tert-OH is 1. The molecular weight excluding hydrogens is 575 g/mol. The highest BCUT2D eigenvalue weighted by Gasteiger charge is 2.24. The van der Waals surface area contributed by atoms with E-state index in [0.717, 1.165) is 49.9 Å². The molecule has 0 radical (unpaired) electrons. The summed E-state index contributed by atoms with van der Waals surface area (Å²) in [6.07, 6.45) is 1.73. The molecule has 42 heavy (non-hydrogen) atoms. The second kappa shape index (κ2) is 11.0. The van der Waals surface area contributed by atoms with Crippen LogP contribution in [-0.4, -0.2) is 49.6 Å². The Balaban J connectivity index is 1.54. The Labute approximate surface area is 245 Å². The number of thiophene rings is 1. The van der Waals surface area contributed by atoms with E-state index in [2.05, 4.69) is 10.3 Å². The second-order valence-corrected chi connectivity index (χ2v) is 12.7. The average Bonchev–Trinajstić information content (AvgIpc) is 3.68. The van der Waals surface area contributed by atoms with Crippen LogP contribution in [0.25, 0.3) is 44.2 Å². The van der Waals surface area contributed by atoms with Crippen LogP contribution >= 0.6 is 11.3 Å². The normalized spacial score (nSPS) is 11.7. The number of fused-ring (bicyclic) bond motifs is 3. The van der Waals surface area contributed by atoms with Crippen molar-refractivity contribution in [2.75, 3.05) is 24.5 Å². The number of benzene rings is 3. The van der Waals surface area contributed by atoms with Gasteiger partial charge in [-0.05, 0) is 65.0 Å². The molecule has 0 atom stereocenters. The summed E-state index contributed by atoms with van der Waals surface area (Å²) in [5.74, 6) is -0.667. The van der Waals surface area contributed by atoms with Gasteiger partial charge in [0.15, 0.2) is 0 Å². The number of sulfonamides is 1. The fourth-order valence-electron chi connectivity index (χ4n) is 4.93. The van der Waals surface area contributed by atoms with Gasteiger partial charge in [-0.3, -0.25) is 9.10 Å². The number of aromatic nitrogens is 2. The van der Waals surface area contributed by atoms with E-state index in [-0.39, 0.29) is 29.1 Å². The molecule has 212 valence electrons. The summed E-state index contributed by atoms with van der Waals surface area (Å²) in [5.41, 5.74) is 5.34. The number of hydrogen-bond donors (Lipinski definition) is 3.